The van der Waals surface area contributed by atoms with Crippen molar-refractivity contribution in [1.29, 1.82) is 0 Å². The molecule has 0 radical (unpaired) electrons. The van der Waals surface area contributed by atoms with Gasteiger partial charge in [0.2, 0.25) is 0 Å². The van der Waals surface area contributed by atoms with Crippen LogP contribution in [0.3, 0.4) is 0 Å². The molecule has 1 aliphatic heterocycles. The Morgan fingerprint density at radius 1 is 1.26 bits per heavy atom. The van der Waals surface area contributed by atoms with Crippen molar-refractivity contribution >= 4 is 5.69 Å². The Kier molecular flexibility index (Phi) is 4.83. The molecule has 3 nitrogen and oxygen atoms in total. The average molecular weight is 262 g/mol. The molecule has 1 aliphatic rings. The summed E-state index contributed by atoms with van der Waals surface area (Å²) in [5.74, 6) is 0. The first kappa shape index (κ1) is 14.4. The fraction of sp³-hybridized carbons (Fsp3) is 0.625. The van der Waals surface area contributed by atoms with Gasteiger partial charge in [-0.25, -0.2) is 0 Å². The standard InChI is InChI=1S/C16H26N2O/c1-3-13-10-14(15(17)11-19)9-12(2)16(13)18-7-5-4-6-8-18/h9-10,15,19H,3-8,11,17H2,1-2H3/t15-/m0/s1. The highest BCUT2D eigenvalue weighted by molar-refractivity contribution is 5.61. The summed E-state index contributed by atoms with van der Waals surface area (Å²) in [7, 11) is 0. The lowest BCUT2D eigenvalue weighted by molar-refractivity contribution is 0.268. The highest BCUT2D eigenvalue weighted by atomic mass is 16.3. The Morgan fingerprint density at radius 2 is 1.95 bits per heavy atom. The summed E-state index contributed by atoms with van der Waals surface area (Å²) in [5, 5.41) is 9.23. The molecule has 1 atom stereocenters. The van der Waals surface area contributed by atoms with Crippen LogP contribution >= 0.6 is 0 Å². The molecule has 0 amide bonds. The maximum absolute atomic E-state index is 9.23. The molecule has 1 heterocycles. The van der Waals surface area contributed by atoms with Crippen molar-refractivity contribution in [2.75, 3.05) is 24.6 Å². The molecular weight excluding hydrogens is 236 g/mol. The number of nitrogens with two attached hydrogens (primary N) is 1. The molecular formula is C16H26N2O. The summed E-state index contributed by atoms with van der Waals surface area (Å²) in [6.45, 7) is 6.69. The summed E-state index contributed by atoms with van der Waals surface area (Å²) in [5.41, 5.74) is 11.1. The predicted octanol–water partition coefficient (Wildman–Crippen LogP) is 2.54. The fourth-order valence-corrected chi connectivity index (χ4v) is 3.04. The molecule has 2 rings (SSSR count). The second-order valence-corrected chi connectivity index (χ2v) is 5.54. The number of benzene rings is 1. The molecule has 1 aromatic carbocycles. The summed E-state index contributed by atoms with van der Waals surface area (Å²) in [4.78, 5) is 2.52. The second-order valence-electron chi connectivity index (χ2n) is 5.54. The minimum absolute atomic E-state index is 0.00561. The number of nitrogens with zero attached hydrogens (tertiary/aromatic N) is 1. The van der Waals surface area contributed by atoms with E-state index in [-0.39, 0.29) is 12.6 Å². The number of rotatable bonds is 4. The average Bonchev–Trinajstić information content (AvgIpc) is 2.46. The van der Waals surface area contributed by atoms with Gasteiger partial charge in [0.25, 0.3) is 0 Å². The molecule has 19 heavy (non-hydrogen) atoms. The molecule has 1 fully saturated rings. The number of anilines is 1. The van der Waals surface area contributed by atoms with Gasteiger partial charge in [0.05, 0.1) is 12.6 Å². The van der Waals surface area contributed by atoms with E-state index in [9.17, 15) is 5.11 Å². The van der Waals surface area contributed by atoms with Gasteiger partial charge in [0.15, 0.2) is 0 Å². The van der Waals surface area contributed by atoms with E-state index < -0.39 is 0 Å². The third kappa shape index (κ3) is 3.10. The van der Waals surface area contributed by atoms with E-state index in [0.717, 1.165) is 12.0 Å². The second kappa shape index (κ2) is 6.40. The lowest BCUT2D eigenvalue weighted by Crippen LogP contribution is -2.31. The summed E-state index contributed by atoms with van der Waals surface area (Å²) in [6, 6.07) is 4.06. The van der Waals surface area contributed by atoms with E-state index in [2.05, 4.69) is 30.9 Å². The van der Waals surface area contributed by atoms with E-state index in [1.807, 2.05) is 0 Å². The van der Waals surface area contributed by atoms with Crippen molar-refractivity contribution in [2.24, 2.45) is 5.73 Å². The van der Waals surface area contributed by atoms with Crippen LogP contribution in [-0.4, -0.2) is 24.8 Å². The van der Waals surface area contributed by atoms with Crippen molar-refractivity contribution < 1.29 is 5.11 Å². The van der Waals surface area contributed by atoms with Gasteiger partial charge in [0.1, 0.15) is 0 Å². The SMILES string of the molecule is CCc1cc([C@@H](N)CO)cc(C)c1N1CCCCC1. The van der Waals surface area contributed by atoms with Crippen LogP contribution in [0.1, 0.15) is 48.9 Å². The summed E-state index contributed by atoms with van der Waals surface area (Å²) >= 11 is 0. The van der Waals surface area contributed by atoms with Gasteiger partial charge >= 0.3 is 0 Å². The van der Waals surface area contributed by atoms with Gasteiger partial charge in [-0.1, -0.05) is 19.1 Å². The Balaban J connectivity index is 2.37. The minimum Gasteiger partial charge on any atom is -0.394 e. The molecule has 0 aromatic heterocycles. The number of aryl methyl sites for hydroxylation is 2. The Morgan fingerprint density at radius 3 is 2.53 bits per heavy atom. The Bertz CT molecular complexity index is 425. The highest BCUT2D eigenvalue weighted by Crippen LogP contribution is 2.31. The smallest absolute Gasteiger partial charge is 0.0624 e. The minimum atomic E-state index is -0.264. The molecule has 1 saturated heterocycles. The number of aliphatic hydroxyl groups is 1. The van der Waals surface area contributed by atoms with Crippen LogP contribution in [0.25, 0.3) is 0 Å². The van der Waals surface area contributed by atoms with Crippen LogP contribution < -0.4 is 10.6 Å². The molecule has 0 spiro atoms. The van der Waals surface area contributed by atoms with E-state index in [1.54, 1.807) is 0 Å². The molecule has 0 unspecified atom stereocenters. The number of hydrogen-bond acceptors (Lipinski definition) is 3. The molecule has 3 N–H and O–H groups in total. The van der Waals surface area contributed by atoms with Gasteiger partial charge in [-0.15, -0.1) is 0 Å². The zero-order valence-corrected chi connectivity index (χ0v) is 12.2. The van der Waals surface area contributed by atoms with Crippen molar-refractivity contribution in [2.45, 2.75) is 45.6 Å². The normalized spacial score (nSPS) is 17.6. The van der Waals surface area contributed by atoms with E-state index in [0.29, 0.717) is 0 Å². The van der Waals surface area contributed by atoms with E-state index >= 15 is 0 Å². The van der Waals surface area contributed by atoms with Crippen LogP contribution in [0.2, 0.25) is 0 Å². The molecule has 106 valence electrons. The monoisotopic (exact) mass is 262 g/mol. The number of hydrogen-bond donors (Lipinski definition) is 2. The third-order valence-corrected chi connectivity index (χ3v) is 4.08. The maximum atomic E-state index is 9.23. The highest BCUT2D eigenvalue weighted by Gasteiger charge is 2.18. The van der Waals surface area contributed by atoms with Crippen LogP contribution in [-0.2, 0) is 6.42 Å². The first-order valence-corrected chi connectivity index (χ1v) is 7.42. The van der Waals surface area contributed by atoms with E-state index in [1.165, 1.54) is 49.2 Å². The zero-order valence-electron chi connectivity index (χ0n) is 12.2. The maximum Gasteiger partial charge on any atom is 0.0624 e. The van der Waals surface area contributed by atoms with Crippen LogP contribution in [0, 0.1) is 6.92 Å². The zero-order chi connectivity index (χ0) is 13.8. The van der Waals surface area contributed by atoms with Crippen LogP contribution in [0.4, 0.5) is 5.69 Å². The van der Waals surface area contributed by atoms with E-state index in [4.69, 9.17) is 5.73 Å². The molecule has 1 aromatic rings. The third-order valence-electron chi connectivity index (χ3n) is 4.08. The largest absolute Gasteiger partial charge is 0.394 e. The number of piperidine rings is 1. The topological polar surface area (TPSA) is 49.5 Å². The van der Waals surface area contributed by atoms with Crippen molar-refractivity contribution in [3.05, 3.63) is 28.8 Å². The first-order chi connectivity index (χ1) is 9.17. The molecule has 0 bridgehead atoms. The molecule has 0 aliphatic carbocycles. The fourth-order valence-electron chi connectivity index (χ4n) is 3.04. The Hall–Kier alpha value is -1.06. The first-order valence-electron chi connectivity index (χ1n) is 7.42. The summed E-state index contributed by atoms with van der Waals surface area (Å²) < 4.78 is 0. The van der Waals surface area contributed by atoms with Gasteiger partial charge in [-0.05, 0) is 49.3 Å². The van der Waals surface area contributed by atoms with Gasteiger partial charge < -0.3 is 15.7 Å². The number of aliphatic hydroxyl groups excluding tert-OH is 1. The van der Waals surface area contributed by atoms with Gasteiger partial charge in [-0.3, -0.25) is 0 Å². The van der Waals surface area contributed by atoms with Crippen molar-refractivity contribution in [1.82, 2.24) is 0 Å². The summed E-state index contributed by atoms with van der Waals surface area (Å²) in [6.07, 6.45) is 4.95. The Labute approximate surface area is 116 Å². The van der Waals surface area contributed by atoms with Gasteiger partial charge in [0, 0.05) is 18.8 Å². The van der Waals surface area contributed by atoms with Gasteiger partial charge in [-0.2, -0.15) is 0 Å². The van der Waals surface area contributed by atoms with Crippen LogP contribution in [0.5, 0.6) is 0 Å². The molecule has 0 saturated carbocycles. The predicted molar refractivity (Wildman–Crippen MR) is 80.6 cm³/mol. The lowest BCUT2D eigenvalue weighted by atomic mass is 9.96. The van der Waals surface area contributed by atoms with Crippen molar-refractivity contribution in [3.8, 4) is 0 Å². The van der Waals surface area contributed by atoms with Crippen LogP contribution in [0.15, 0.2) is 12.1 Å². The quantitative estimate of drug-likeness (QED) is 0.876. The molecule has 3 heteroatoms. The lowest BCUT2D eigenvalue weighted by Gasteiger charge is -2.32. The van der Waals surface area contributed by atoms with Crippen molar-refractivity contribution in [3.63, 3.8) is 0 Å².